The van der Waals surface area contributed by atoms with E-state index in [1.807, 2.05) is 25.1 Å². The van der Waals surface area contributed by atoms with Crippen LogP contribution in [0.5, 0.6) is 5.75 Å². The molecule has 0 aliphatic rings. The number of furan rings is 1. The lowest BCUT2D eigenvalue weighted by Gasteiger charge is -2.10. The number of methoxy groups -OCH3 is 1. The summed E-state index contributed by atoms with van der Waals surface area (Å²) in [6.07, 6.45) is 1.29. The molecule has 1 aromatic heterocycles. The second kappa shape index (κ2) is 9.80. The number of non-ortho nitro benzene ring substituents is 1. The summed E-state index contributed by atoms with van der Waals surface area (Å²) >= 11 is 6.80. The molecule has 0 spiro atoms. The first-order valence-corrected chi connectivity index (χ1v) is 10.6. The number of ether oxygens (including phenoxy) is 1. The second-order valence-corrected chi connectivity index (χ2v) is 8.28. The van der Waals surface area contributed by atoms with Crippen LogP contribution >= 0.6 is 31.9 Å². The molecular weight excluding hydrogens is 546 g/mol. The lowest BCUT2D eigenvalue weighted by atomic mass is 10.1. The Morgan fingerprint density at radius 2 is 1.91 bits per heavy atom. The third-order valence-corrected chi connectivity index (χ3v) is 5.61. The standard InChI is InChI=1S/C22H15Br2N3O5/c1-12-7-17(23)21(18(24)8-12)26-22(28)13(11-25)9-15-4-6-20(32-15)16-10-14(27(29)30)3-5-19(16)31-2/h3-10H,1-2H3,(H,26,28)/b13-9+. The lowest BCUT2D eigenvalue weighted by molar-refractivity contribution is -0.384. The summed E-state index contributed by atoms with van der Waals surface area (Å²) in [5.41, 5.74) is 1.54. The van der Waals surface area contributed by atoms with Crippen LogP contribution in [0, 0.1) is 28.4 Å². The molecule has 0 fully saturated rings. The number of hydrogen-bond donors (Lipinski definition) is 1. The SMILES string of the molecule is COc1ccc([N+](=O)[O-])cc1-c1ccc(/C=C(\C#N)C(=O)Nc2c(Br)cc(C)cc2Br)o1. The van der Waals surface area contributed by atoms with E-state index < -0.39 is 10.8 Å². The van der Waals surface area contributed by atoms with Gasteiger partial charge in [0.15, 0.2) is 0 Å². The maximum atomic E-state index is 12.7. The third-order valence-electron chi connectivity index (χ3n) is 4.36. The van der Waals surface area contributed by atoms with E-state index in [0.29, 0.717) is 31.7 Å². The average Bonchev–Trinajstić information content (AvgIpc) is 3.22. The van der Waals surface area contributed by atoms with Crippen LogP contribution in [-0.2, 0) is 4.79 Å². The monoisotopic (exact) mass is 559 g/mol. The van der Waals surface area contributed by atoms with Crippen LogP contribution in [0.3, 0.4) is 0 Å². The minimum atomic E-state index is -0.622. The molecule has 1 N–H and O–H groups in total. The molecule has 0 saturated carbocycles. The fraction of sp³-hybridized carbons (Fsp3) is 0.0909. The van der Waals surface area contributed by atoms with E-state index >= 15 is 0 Å². The molecule has 1 amide bonds. The summed E-state index contributed by atoms with van der Waals surface area (Å²) in [4.78, 5) is 23.2. The number of amides is 1. The first kappa shape index (κ1) is 23.2. The molecule has 8 nitrogen and oxygen atoms in total. The van der Waals surface area contributed by atoms with Crippen molar-refractivity contribution in [2.24, 2.45) is 0 Å². The van der Waals surface area contributed by atoms with Crippen LogP contribution in [0.2, 0.25) is 0 Å². The smallest absolute Gasteiger partial charge is 0.270 e. The fourth-order valence-corrected chi connectivity index (χ4v) is 4.48. The fourth-order valence-electron chi connectivity index (χ4n) is 2.87. The molecule has 0 aliphatic carbocycles. The Bertz CT molecular complexity index is 1270. The van der Waals surface area contributed by atoms with Crippen molar-refractivity contribution in [2.75, 3.05) is 12.4 Å². The number of anilines is 1. The van der Waals surface area contributed by atoms with Crippen molar-refractivity contribution in [3.05, 3.63) is 78.4 Å². The zero-order valence-electron chi connectivity index (χ0n) is 16.8. The Hall–Kier alpha value is -3.42. The first-order valence-electron chi connectivity index (χ1n) is 9.05. The largest absolute Gasteiger partial charge is 0.496 e. The summed E-state index contributed by atoms with van der Waals surface area (Å²) in [5.74, 6) is 0.275. The van der Waals surface area contributed by atoms with Gasteiger partial charge < -0.3 is 14.5 Å². The average molecular weight is 561 g/mol. The van der Waals surface area contributed by atoms with E-state index in [4.69, 9.17) is 9.15 Å². The molecule has 0 atom stereocenters. The zero-order valence-corrected chi connectivity index (χ0v) is 20.0. The van der Waals surface area contributed by atoms with Gasteiger partial charge in [0.2, 0.25) is 0 Å². The Morgan fingerprint density at radius 1 is 1.22 bits per heavy atom. The highest BCUT2D eigenvalue weighted by molar-refractivity contribution is 9.11. The minimum Gasteiger partial charge on any atom is -0.496 e. The van der Waals surface area contributed by atoms with E-state index in [1.165, 1.54) is 31.4 Å². The number of carbonyl (C=O) groups is 1. The van der Waals surface area contributed by atoms with Crippen molar-refractivity contribution >= 4 is 55.2 Å². The molecule has 32 heavy (non-hydrogen) atoms. The summed E-state index contributed by atoms with van der Waals surface area (Å²) in [6, 6.07) is 12.8. The molecule has 0 aliphatic heterocycles. The molecule has 0 unspecified atom stereocenters. The van der Waals surface area contributed by atoms with Crippen molar-refractivity contribution in [3.63, 3.8) is 0 Å². The minimum absolute atomic E-state index is 0.124. The van der Waals surface area contributed by atoms with Gasteiger partial charge in [0.1, 0.15) is 28.9 Å². The Labute approximate surface area is 199 Å². The number of benzene rings is 2. The van der Waals surface area contributed by atoms with Gasteiger partial charge in [-0.1, -0.05) is 0 Å². The Morgan fingerprint density at radius 3 is 2.50 bits per heavy atom. The topological polar surface area (TPSA) is 118 Å². The third kappa shape index (κ3) is 5.07. The van der Waals surface area contributed by atoms with E-state index in [9.17, 15) is 20.2 Å². The second-order valence-electron chi connectivity index (χ2n) is 6.57. The van der Waals surface area contributed by atoms with E-state index in [2.05, 4.69) is 37.2 Å². The van der Waals surface area contributed by atoms with Gasteiger partial charge in [0.25, 0.3) is 11.6 Å². The molecule has 3 aromatic rings. The van der Waals surface area contributed by atoms with Crippen LogP contribution < -0.4 is 10.1 Å². The number of nitrogens with one attached hydrogen (secondary N) is 1. The number of aryl methyl sites for hydroxylation is 1. The Kier molecular flexibility index (Phi) is 7.12. The predicted octanol–water partition coefficient (Wildman–Crippen LogP) is 6.24. The van der Waals surface area contributed by atoms with Gasteiger partial charge in [-0.25, -0.2) is 0 Å². The number of carbonyl (C=O) groups excluding carboxylic acids is 1. The molecule has 1 heterocycles. The number of hydrogen-bond acceptors (Lipinski definition) is 6. The van der Waals surface area contributed by atoms with E-state index in [-0.39, 0.29) is 17.0 Å². The maximum absolute atomic E-state index is 12.7. The molecule has 0 bridgehead atoms. The van der Waals surface area contributed by atoms with Gasteiger partial charge in [-0.05, 0) is 74.7 Å². The summed E-state index contributed by atoms with van der Waals surface area (Å²) in [6.45, 7) is 1.91. The molecular formula is C22H15Br2N3O5. The van der Waals surface area contributed by atoms with Gasteiger partial charge in [-0.3, -0.25) is 14.9 Å². The van der Waals surface area contributed by atoms with Crippen molar-refractivity contribution in [1.82, 2.24) is 0 Å². The summed E-state index contributed by atoms with van der Waals surface area (Å²) in [7, 11) is 1.44. The number of halogens is 2. The van der Waals surface area contributed by atoms with Crippen molar-refractivity contribution in [3.8, 4) is 23.1 Å². The number of nitrogens with zero attached hydrogens (tertiary/aromatic N) is 2. The summed E-state index contributed by atoms with van der Waals surface area (Å²) in [5, 5.41) is 23.3. The quantitative estimate of drug-likeness (QED) is 0.165. The molecule has 162 valence electrons. The summed E-state index contributed by atoms with van der Waals surface area (Å²) < 4.78 is 12.3. The van der Waals surface area contributed by atoms with Gasteiger partial charge in [0, 0.05) is 27.2 Å². The van der Waals surface area contributed by atoms with Gasteiger partial charge >= 0.3 is 0 Å². The predicted molar refractivity (Wildman–Crippen MR) is 126 cm³/mol. The molecule has 0 radical (unpaired) electrons. The van der Waals surface area contributed by atoms with Crippen molar-refractivity contribution in [1.29, 1.82) is 5.26 Å². The van der Waals surface area contributed by atoms with E-state index in [0.717, 1.165) is 5.56 Å². The molecule has 0 saturated heterocycles. The van der Waals surface area contributed by atoms with Gasteiger partial charge in [-0.2, -0.15) is 5.26 Å². The van der Waals surface area contributed by atoms with Gasteiger partial charge in [-0.15, -0.1) is 0 Å². The number of nitriles is 1. The molecule has 3 rings (SSSR count). The van der Waals surface area contributed by atoms with Crippen LogP contribution in [0.15, 0.2) is 61.4 Å². The zero-order chi connectivity index (χ0) is 23.4. The highest BCUT2D eigenvalue weighted by Crippen LogP contribution is 2.35. The van der Waals surface area contributed by atoms with Crippen LogP contribution in [0.25, 0.3) is 17.4 Å². The molecule has 2 aromatic carbocycles. The van der Waals surface area contributed by atoms with Gasteiger partial charge in [0.05, 0.1) is 23.3 Å². The number of nitro benzene ring substituents is 1. The number of rotatable bonds is 6. The Balaban J connectivity index is 1.91. The van der Waals surface area contributed by atoms with Crippen molar-refractivity contribution < 1.29 is 18.9 Å². The first-order chi connectivity index (χ1) is 15.2. The highest BCUT2D eigenvalue weighted by Gasteiger charge is 2.18. The normalized spacial score (nSPS) is 11.0. The maximum Gasteiger partial charge on any atom is 0.270 e. The van der Waals surface area contributed by atoms with Crippen LogP contribution in [-0.4, -0.2) is 17.9 Å². The van der Waals surface area contributed by atoms with Crippen LogP contribution in [0.1, 0.15) is 11.3 Å². The van der Waals surface area contributed by atoms with Crippen LogP contribution in [0.4, 0.5) is 11.4 Å². The van der Waals surface area contributed by atoms with Crippen molar-refractivity contribution in [2.45, 2.75) is 6.92 Å². The highest BCUT2D eigenvalue weighted by atomic mass is 79.9. The number of nitro groups is 1. The molecule has 10 heteroatoms. The van der Waals surface area contributed by atoms with E-state index in [1.54, 1.807) is 12.1 Å². The lowest BCUT2D eigenvalue weighted by Crippen LogP contribution is -2.14.